The van der Waals surface area contributed by atoms with Crippen LogP contribution in [0, 0.1) is 5.92 Å². The molecule has 0 aliphatic carbocycles. The van der Waals surface area contributed by atoms with Gasteiger partial charge >= 0.3 is 12.1 Å². The van der Waals surface area contributed by atoms with Gasteiger partial charge in [0.1, 0.15) is 5.60 Å². The zero-order valence-electron chi connectivity index (χ0n) is 18.4. The Hall–Kier alpha value is -2.97. The number of carbonyl (C=O) groups excluding carboxylic acids is 3. The summed E-state index contributed by atoms with van der Waals surface area (Å²) in [5.74, 6) is -0.667. The van der Waals surface area contributed by atoms with Crippen LogP contribution < -0.4 is 14.8 Å². The highest BCUT2D eigenvalue weighted by molar-refractivity contribution is 6.03. The van der Waals surface area contributed by atoms with Crippen LogP contribution in [0.25, 0.3) is 0 Å². The lowest BCUT2D eigenvalue weighted by Gasteiger charge is -2.33. The third-order valence-corrected chi connectivity index (χ3v) is 4.63. The summed E-state index contributed by atoms with van der Waals surface area (Å²) >= 11 is 0. The molecule has 0 spiro atoms. The molecule has 0 aromatic heterocycles. The number of piperidine rings is 1. The average molecular weight is 422 g/mol. The van der Waals surface area contributed by atoms with Gasteiger partial charge in [-0.25, -0.2) is 9.59 Å². The molecule has 0 saturated carbocycles. The Balaban J connectivity index is 2.20. The van der Waals surface area contributed by atoms with Gasteiger partial charge in [0.25, 0.3) is 0 Å². The molecule has 1 heterocycles. The fourth-order valence-corrected chi connectivity index (χ4v) is 3.18. The Morgan fingerprint density at radius 3 is 2.27 bits per heavy atom. The zero-order valence-corrected chi connectivity index (χ0v) is 18.4. The summed E-state index contributed by atoms with van der Waals surface area (Å²) in [5.41, 5.74) is -0.219. The van der Waals surface area contributed by atoms with E-state index in [0.717, 1.165) is 0 Å². The van der Waals surface area contributed by atoms with Gasteiger partial charge < -0.3 is 29.2 Å². The van der Waals surface area contributed by atoms with E-state index in [2.05, 4.69) is 5.32 Å². The highest BCUT2D eigenvalue weighted by Crippen LogP contribution is 2.34. The first kappa shape index (κ1) is 23.3. The number of methoxy groups -OCH3 is 3. The average Bonchev–Trinajstić information content (AvgIpc) is 2.71. The number of nitrogens with one attached hydrogen (secondary N) is 1. The summed E-state index contributed by atoms with van der Waals surface area (Å²) in [5, 5.41) is 2.78. The van der Waals surface area contributed by atoms with Crippen LogP contribution >= 0.6 is 0 Å². The molecule has 0 bridgehead atoms. The molecule has 1 aliphatic rings. The third kappa shape index (κ3) is 5.77. The van der Waals surface area contributed by atoms with E-state index in [0.29, 0.717) is 30.9 Å². The van der Waals surface area contributed by atoms with Crippen molar-refractivity contribution in [2.45, 2.75) is 39.2 Å². The monoisotopic (exact) mass is 422 g/mol. The SMILES string of the molecule is COC(=O)c1cc(OC)c(OC)cc1NC(=O)[C@@H]1CCCN(C(=O)OC(C)(C)C)C1. The van der Waals surface area contributed by atoms with E-state index in [1.165, 1.54) is 38.4 Å². The first-order valence-electron chi connectivity index (χ1n) is 9.72. The summed E-state index contributed by atoms with van der Waals surface area (Å²) in [6, 6.07) is 2.96. The fourth-order valence-electron chi connectivity index (χ4n) is 3.18. The van der Waals surface area contributed by atoms with Crippen molar-refractivity contribution in [1.29, 1.82) is 0 Å². The maximum atomic E-state index is 12.9. The van der Waals surface area contributed by atoms with Crippen LogP contribution in [0.1, 0.15) is 44.0 Å². The third-order valence-electron chi connectivity index (χ3n) is 4.63. The maximum Gasteiger partial charge on any atom is 0.410 e. The largest absolute Gasteiger partial charge is 0.493 e. The molecule has 1 N–H and O–H groups in total. The Morgan fingerprint density at radius 1 is 1.07 bits per heavy atom. The number of benzene rings is 1. The quantitative estimate of drug-likeness (QED) is 0.727. The summed E-state index contributed by atoms with van der Waals surface area (Å²) in [6.07, 6.45) is 0.848. The lowest BCUT2D eigenvalue weighted by molar-refractivity contribution is -0.121. The number of hydrogen-bond acceptors (Lipinski definition) is 7. The number of anilines is 1. The zero-order chi connectivity index (χ0) is 22.5. The van der Waals surface area contributed by atoms with Crippen molar-refractivity contribution in [3.8, 4) is 11.5 Å². The molecule has 0 unspecified atom stereocenters. The second-order valence-electron chi connectivity index (χ2n) is 8.00. The fraction of sp³-hybridized carbons (Fsp3) is 0.571. The Bertz CT molecular complexity index is 801. The lowest BCUT2D eigenvalue weighted by Crippen LogP contribution is -2.45. The van der Waals surface area contributed by atoms with Gasteiger partial charge in [0.15, 0.2) is 11.5 Å². The van der Waals surface area contributed by atoms with Gasteiger partial charge in [0, 0.05) is 25.2 Å². The van der Waals surface area contributed by atoms with Crippen LogP contribution in [-0.2, 0) is 14.3 Å². The van der Waals surface area contributed by atoms with Gasteiger partial charge in [-0.3, -0.25) is 4.79 Å². The van der Waals surface area contributed by atoms with Gasteiger partial charge in [-0.15, -0.1) is 0 Å². The van der Waals surface area contributed by atoms with Crippen LogP contribution in [0.5, 0.6) is 11.5 Å². The maximum absolute atomic E-state index is 12.9. The second-order valence-corrected chi connectivity index (χ2v) is 8.00. The van der Waals surface area contributed by atoms with Crippen LogP contribution in [0.2, 0.25) is 0 Å². The number of hydrogen-bond donors (Lipinski definition) is 1. The minimum absolute atomic E-state index is 0.142. The first-order chi connectivity index (χ1) is 14.1. The Kier molecular flexibility index (Phi) is 7.53. The van der Waals surface area contributed by atoms with E-state index in [9.17, 15) is 14.4 Å². The van der Waals surface area contributed by atoms with Crippen molar-refractivity contribution in [2.24, 2.45) is 5.92 Å². The molecule has 0 radical (unpaired) electrons. The van der Waals surface area contributed by atoms with Crippen molar-refractivity contribution in [1.82, 2.24) is 4.90 Å². The van der Waals surface area contributed by atoms with Gasteiger partial charge in [-0.1, -0.05) is 0 Å². The predicted molar refractivity (Wildman–Crippen MR) is 110 cm³/mol. The molecule has 1 aliphatic heterocycles. The van der Waals surface area contributed by atoms with Crippen LogP contribution in [0.4, 0.5) is 10.5 Å². The Labute approximate surface area is 176 Å². The molecule has 1 saturated heterocycles. The smallest absolute Gasteiger partial charge is 0.410 e. The number of likely N-dealkylation sites (tertiary alicyclic amines) is 1. The van der Waals surface area contributed by atoms with E-state index in [4.69, 9.17) is 18.9 Å². The molecule has 9 nitrogen and oxygen atoms in total. The molecule has 1 aromatic carbocycles. The van der Waals surface area contributed by atoms with E-state index >= 15 is 0 Å². The van der Waals surface area contributed by atoms with Crippen molar-refractivity contribution < 1.29 is 33.3 Å². The summed E-state index contributed by atoms with van der Waals surface area (Å²) in [6.45, 7) is 6.16. The van der Waals surface area contributed by atoms with Crippen molar-refractivity contribution in [2.75, 3.05) is 39.7 Å². The minimum atomic E-state index is -0.620. The molecule has 1 fully saturated rings. The second kappa shape index (κ2) is 9.69. The molecule has 1 atom stereocenters. The highest BCUT2D eigenvalue weighted by Gasteiger charge is 2.32. The van der Waals surface area contributed by atoms with Crippen LogP contribution in [0.15, 0.2) is 12.1 Å². The first-order valence-corrected chi connectivity index (χ1v) is 9.72. The molecule has 30 heavy (non-hydrogen) atoms. The van der Waals surface area contributed by atoms with Crippen LogP contribution in [-0.4, -0.2) is 62.9 Å². The minimum Gasteiger partial charge on any atom is -0.493 e. The molecule has 2 amide bonds. The van der Waals surface area contributed by atoms with Gasteiger partial charge in [0.2, 0.25) is 5.91 Å². The van der Waals surface area contributed by atoms with Crippen molar-refractivity contribution in [3.63, 3.8) is 0 Å². The molecule has 1 aromatic rings. The van der Waals surface area contributed by atoms with E-state index in [1.807, 2.05) is 0 Å². The highest BCUT2D eigenvalue weighted by atomic mass is 16.6. The standard InChI is InChI=1S/C21H30N2O7/c1-21(2,3)30-20(26)23-9-7-8-13(12-23)18(24)22-15-11-17(28-5)16(27-4)10-14(15)19(25)29-6/h10-11,13H,7-9,12H2,1-6H3,(H,22,24)/t13-/m1/s1. The van der Waals surface area contributed by atoms with Crippen molar-refractivity contribution >= 4 is 23.7 Å². The van der Waals surface area contributed by atoms with Crippen LogP contribution in [0.3, 0.4) is 0 Å². The normalized spacial score (nSPS) is 16.5. The van der Waals surface area contributed by atoms with Gasteiger partial charge in [0.05, 0.1) is 38.5 Å². The van der Waals surface area contributed by atoms with E-state index < -0.39 is 23.6 Å². The summed E-state index contributed by atoms with van der Waals surface area (Å²) in [7, 11) is 4.16. The number of rotatable bonds is 5. The molecule has 2 rings (SSSR count). The topological polar surface area (TPSA) is 103 Å². The lowest BCUT2D eigenvalue weighted by atomic mass is 9.97. The Morgan fingerprint density at radius 2 is 1.70 bits per heavy atom. The van der Waals surface area contributed by atoms with Gasteiger partial charge in [-0.05, 0) is 33.6 Å². The van der Waals surface area contributed by atoms with E-state index in [1.54, 1.807) is 20.8 Å². The number of amides is 2. The number of esters is 1. The number of nitrogens with zero attached hydrogens (tertiary/aromatic N) is 1. The predicted octanol–water partition coefficient (Wildman–Crippen LogP) is 3.08. The molecule has 9 heteroatoms. The summed E-state index contributed by atoms with van der Waals surface area (Å²) in [4.78, 5) is 39.0. The van der Waals surface area contributed by atoms with E-state index in [-0.39, 0.29) is 23.7 Å². The molecular weight excluding hydrogens is 392 g/mol. The molecular formula is C21H30N2O7. The van der Waals surface area contributed by atoms with Crippen molar-refractivity contribution in [3.05, 3.63) is 17.7 Å². The number of carbonyl (C=O) groups is 3. The molecule has 166 valence electrons. The summed E-state index contributed by atoms with van der Waals surface area (Å²) < 4.78 is 20.7. The van der Waals surface area contributed by atoms with Gasteiger partial charge in [-0.2, -0.15) is 0 Å². The number of ether oxygens (including phenoxy) is 4.